The molecule has 0 heterocycles. The summed E-state index contributed by atoms with van der Waals surface area (Å²) in [6.07, 6.45) is 0. The predicted molar refractivity (Wildman–Crippen MR) is 51.0 cm³/mol. The molecule has 0 aliphatic carbocycles. The van der Waals surface area contributed by atoms with E-state index in [2.05, 4.69) is 6.58 Å². The van der Waals surface area contributed by atoms with Gasteiger partial charge in [0.25, 0.3) is 0 Å². The molecule has 0 bridgehead atoms. The van der Waals surface area contributed by atoms with Gasteiger partial charge in [0.1, 0.15) is 0 Å². The van der Waals surface area contributed by atoms with Gasteiger partial charge in [-0.25, -0.2) is 13.9 Å². The molecule has 0 spiro atoms. The Bertz CT molecular complexity index is 260. The lowest BCUT2D eigenvalue weighted by Crippen LogP contribution is -1.92. The van der Waals surface area contributed by atoms with Gasteiger partial charge in [-0.15, -0.1) is 0 Å². The molecule has 0 rings (SSSR count). The smallest absolute Gasteiger partial charge is 0.466 e. The number of rotatable bonds is 1. The summed E-state index contributed by atoms with van der Waals surface area (Å²) >= 11 is 0. The molecule has 0 aromatic heterocycles. The van der Waals surface area contributed by atoms with Crippen molar-refractivity contribution in [3.05, 3.63) is 12.2 Å². The summed E-state index contributed by atoms with van der Waals surface area (Å²) in [7, 11) is -9.28. The lowest BCUT2D eigenvalue weighted by molar-refractivity contribution is -0.132. The molecule has 16 heavy (non-hydrogen) atoms. The third-order valence-electron chi connectivity index (χ3n) is 0.365. The van der Waals surface area contributed by atoms with Crippen LogP contribution in [0.2, 0.25) is 0 Å². The van der Waals surface area contributed by atoms with Crippen LogP contribution in [0.25, 0.3) is 0 Å². The van der Waals surface area contributed by atoms with Gasteiger partial charge in [0.2, 0.25) is 0 Å². The van der Waals surface area contributed by atoms with Crippen LogP contribution >= 0.6 is 15.6 Å². The number of carboxylic acids is 1. The zero-order valence-electron chi connectivity index (χ0n) is 7.96. The maximum Gasteiger partial charge on any atom is 0.466 e. The maximum atomic E-state index is 9.60. The Morgan fingerprint density at radius 1 is 0.938 bits per heavy atom. The van der Waals surface area contributed by atoms with Gasteiger partial charge in [0.15, 0.2) is 0 Å². The second kappa shape index (κ2) is 8.57. The molecule has 0 aliphatic rings. The molecule has 98 valence electrons. The first-order valence-electron chi connectivity index (χ1n) is 3.10. The highest BCUT2D eigenvalue weighted by Gasteiger charge is 2.00. The number of hydrogen-bond donors (Lipinski definition) is 7. The second-order valence-electron chi connectivity index (χ2n) is 2.11. The van der Waals surface area contributed by atoms with E-state index in [9.17, 15) is 4.79 Å². The van der Waals surface area contributed by atoms with Gasteiger partial charge in [-0.1, -0.05) is 6.58 Å². The van der Waals surface area contributed by atoms with E-state index < -0.39 is 21.6 Å². The number of carboxylic acid groups (broad SMARTS) is 1. The molecule has 0 aromatic rings. The van der Waals surface area contributed by atoms with Crippen LogP contribution < -0.4 is 0 Å². The second-order valence-corrected chi connectivity index (χ2v) is 4.17. The van der Waals surface area contributed by atoms with Crippen molar-refractivity contribution in [2.24, 2.45) is 0 Å². The predicted octanol–water partition coefficient (Wildman–Crippen LogP) is -1.21. The Kier molecular flexibility index (Phi) is 11.1. The van der Waals surface area contributed by atoms with E-state index in [1.165, 1.54) is 6.92 Å². The fourth-order valence-electron chi connectivity index (χ4n) is 0. The highest BCUT2D eigenvalue weighted by molar-refractivity contribution is 7.45. The van der Waals surface area contributed by atoms with Crippen LogP contribution in [0.4, 0.5) is 0 Å². The van der Waals surface area contributed by atoms with Crippen LogP contribution in [-0.4, -0.2) is 40.4 Å². The van der Waals surface area contributed by atoms with Crippen LogP contribution in [0.5, 0.6) is 0 Å². The summed E-state index contributed by atoms with van der Waals surface area (Å²) in [5, 5.41) is 7.89. The fraction of sp³-hybridized carbons (Fsp3) is 0.250. The molecule has 0 radical (unpaired) electrons. The first-order chi connectivity index (χ1) is 6.64. The minimum atomic E-state index is -4.64. The number of phosphoric acid groups is 2. The van der Waals surface area contributed by atoms with Gasteiger partial charge in [0, 0.05) is 5.57 Å². The van der Waals surface area contributed by atoms with E-state index >= 15 is 0 Å². The summed E-state index contributed by atoms with van der Waals surface area (Å²) in [4.78, 5) is 52.7. The van der Waals surface area contributed by atoms with E-state index in [4.69, 9.17) is 43.6 Å². The van der Waals surface area contributed by atoms with Gasteiger partial charge in [0.05, 0.1) is 0 Å². The van der Waals surface area contributed by atoms with E-state index in [1.807, 2.05) is 0 Å². The summed E-state index contributed by atoms with van der Waals surface area (Å²) in [5.41, 5.74) is 0.176. The third kappa shape index (κ3) is 176. The molecule has 10 nitrogen and oxygen atoms in total. The molecule has 0 amide bonds. The fourth-order valence-corrected chi connectivity index (χ4v) is 0. The van der Waals surface area contributed by atoms with Gasteiger partial charge in [-0.05, 0) is 6.92 Å². The normalized spacial score (nSPS) is 10.2. The molecule has 0 atom stereocenters. The molecular formula is C4H12O10P2. The number of hydrogen-bond acceptors (Lipinski definition) is 3. The van der Waals surface area contributed by atoms with Gasteiger partial charge < -0.3 is 34.5 Å². The molecule has 7 N–H and O–H groups in total. The standard InChI is InChI=1S/C4H6O2.2H3O4P/c1-3(2)4(5)6;2*1-5(2,3)4/h1H2,2H3,(H,5,6);2*(H3,1,2,3,4). The number of carbonyl (C=O) groups is 1. The Morgan fingerprint density at radius 2 is 1.00 bits per heavy atom. The van der Waals surface area contributed by atoms with Gasteiger partial charge in [-0.2, -0.15) is 0 Å². The van der Waals surface area contributed by atoms with Crippen molar-refractivity contribution in [3.63, 3.8) is 0 Å². The van der Waals surface area contributed by atoms with E-state index in [0.717, 1.165) is 0 Å². The highest BCUT2D eigenvalue weighted by Crippen LogP contribution is 2.26. The van der Waals surface area contributed by atoms with Crippen LogP contribution in [0, 0.1) is 0 Å². The summed E-state index contributed by atoms with van der Waals surface area (Å²) in [6.45, 7) is 4.60. The highest BCUT2D eigenvalue weighted by atomic mass is 31.2. The van der Waals surface area contributed by atoms with Crippen LogP contribution in [0.1, 0.15) is 6.92 Å². The van der Waals surface area contributed by atoms with E-state index in [0.29, 0.717) is 0 Å². The van der Waals surface area contributed by atoms with Crippen LogP contribution in [0.3, 0.4) is 0 Å². The van der Waals surface area contributed by atoms with Crippen molar-refractivity contribution >= 4 is 21.6 Å². The lowest BCUT2D eigenvalue weighted by atomic mass is 10.4. The lowest BCUT2D eigenvalue weighted by Gasteiger charge is -1.82. The van der Waals surface area contributed by atoms with Crippen molar-refractivity contribution in [1.82, 2.24) is 0 Å². The minimum Gasteiger partial charge on any atom is -0.478 e. The average molecular weight is 282 g/mol. The molecule has 0 saturated carbocycles. The van der Waals surface area contributed by atoms with Crippen molar-refractivity contribution in [2.75, 3.05) is 0 Å². The van der Waals surface area contributed by atoms with Crippen molar-refractivity contribution in [3.8, 4) is 0 Å². The van der Waals surface area contributed by atoms with E-state index in [1.54, 1.807) is 0 Å². The monoisotopic (exact) mass is 282 g/mol. The average Bonchev–Trinajstić information content (AvgIpc) is 1.77. The molecule has 0 aromatic carbocycles. The minimum absolute atomic E-state index is 0.176. The molecule has 0 aliphatic heterocycles. The summed E-state index contributed by atoms with van der Waals surface area (Å²) in [6, 6.07) is 0. The Labute approximate surface area is 90.0 Å². The SMILES string of the molecule is C=C(C)C(=O)O.O=P(O)(O)O.O=P(O)(O)O. The topological polar surface area (TPSA) is 193 Å². The van der Waals surface area contributed by atoms with E-state index in [-0.39, 0.29) is 5.57 Å². The molecule has 0 fully saturated rings. The Morgan fingerprint density at radius 3 is 1.00 bits per heavy atom. The quantitative estimate of drug-likeness (QED) is 0.226. The molecule has 12 heteroatoms. The van der Waals surface area contributed by atoms with Crippen molar-refractivity contribution in [1.29, 1.82) is 0 Å². The number of aliphatic carboxylic acids is 1. The zero-order valence-corrected chi connectivity index (χ0v) is 9.75. The van der Waals surface area contributed by atoms with Crippen molar-refractivity contribution in [2.45, 2.75) is 6.92 Å². The molecular weight excluding hydrogens is 270 g/mol. The van der Waals surface area contributed by atoms with Crippen LogP contribution in [-0.2, 0) is 13.9 Å². The third-order valence-corrected chi connectivity index (χ3v) is 0.365. The summed E-state index contributed by atoms with van der Waals surface area (Å²) in [5.74, 6) is -0.935. The zero-order chi connectivity index (χ0) is 14.2. The van der Waals surface area contributed by atoms with Crippen molar-refractivity contribution < 1.29 is 48.4 Å². The van der Waals surface area contributed by atoms with Crippen LogP contribution in [0.15, 0.2) is 12.2 Å². The van der Waals surface area contributed by atoms with Gasteiger partial charge >= 0.3 is 21.6 Å². The largest absolute Gasteiger partial charge is 0.478 e. The summed E-state index contributed by atoms with van der Waals surface area (Å²) < 4.78 is 17.8. The Hall–Kier alpha value is -0.570. The molecule has 0 saturated heterocycles. The van der Waals surface area contributed by atoms with Gasteiger partial charge in [-0.3, -0.25) is 0 Å². The maximum absolute atomic E-state index is 9.60. The first-order valence-corrected chi connectivity index (χ1v) is 6.23. The molecule has 0 unspecified atom stereocenters. The Balaban J connectivity index is -0.000000160. The first kappa shape index (κ1) is 20.8.